The first-order valence-corrected chi connectivity index (χ1v) is 6.80. The summed E-state index contributed by atoms with van der Waals surface area (Å²) in [6.45, 7) is 3.32. The maximum atomic E-state index is 11.7. The first-order chi connectivity index (χ1) is 9.63. The number of urea groups is 1. The number of aromatic carboxylic acids is 1. The van der Waals surface area contributed by atoms with E-state index in [-0.39, 0.29) is 12.1 Å². The second-order valence-electron chi connectivity index (χ2n) is 5.06. The zero-order valence-electron chi connectivity index (χ0n) is 11.6. The maximum Gasteiger partial charge on any atom is 0.335 e. The highest BCUT2D eigenvalue weighted by Crippen LogP contribution is 2.23. The second kappa shape index (κ2) is 6.57. The summed E-state index contributed by atoms with van der Waals surface area (Å²) in [7, 11) is 0. The van der Waals surface area contributed by atoms with Crippen LogP contribution in [0, 0.1) is 5.41 Å². The summed E-state index contributed by atoms with van der Waals surface area (Å²) in [5.74, 6) is -1.58. The highest BCUT2D eigenvalue weighted by molar-refractivity contribution is 9.10. The van der Waals surface area contributed by atoms with Crippen LogP contribution >= 0.6 is 15.9 Å². The molecular formula is C13H16BrN3O4. The Kier molecular flexibility index (Phi) is 5.31. The number of anilines is 1. The van der Waals surface area contributed by atoms with Crippen LogP contribution in [0.1, 0.15) is 24.2 Å². The molecule has 7 nitrogen and oxygen atoms in total. The number of hydrogen-bond acceptors (Lipinski definition) is 3. The van der Waals surface area contributed by atoms with E-state index in [0.717, 1.165) is 0 Å². The van der Waals surface area contributed by atoms with E-state index < -0.39 is 23.3 Å². The van der Waals surface area contributed by atoms with Gasteiger partial charge in [0.15, 0.2) is 0 Å². The molecule has 0 bridgehead atoms. The molecule has 0 saturated heterocycles. The van der Waals surface area contributed by atoms with Crippen LogP contribution in [0.15, 0.2) is 22.7 Å². The average molecular weight is 358 g/mol. The van der Waals surface area contributed by atoms with Crippen LogP contribution in [-0.2, 0) is 4.79 Å². The minimum absolute atomic E-state index is 0.0823. The monoisotopic (exact) mass is 357 g/mol. The Morgan fingerprint density at radius 2 is 1.95 bits per heavy atom. The number of carbonyl (C=O) groups is 3. The fourth-order valence-electron chi connectivity index (χ4n) is 1.30. The van der Waals surface area contributed by atoms with Crippen LogP contribution in [0.4, 0.5) is 10.5 Å². The third-order valence-corrected chi connectivity index (χ3v) is 3.48. The summed E-state index contributed by atoms with van der Waals surface area (Å²) in [6, 6.07) is 3.70. The van der Waals surface area contributed by atoms with E-state index in [1.165, 1.54) is 18.2 Å². The van der Waals surface area contributed by atoms with Crippen molar-refractivity contribution in [1.29, 1.82) is 0 Å². The maximum absolute atomic E-state index is 11.7. The van der Waals surface area contributed by atoms with E-state index in [4.69, 9.17) is 10.8 Å². The molecule has 0 radical (unpaired) electrons. The number of halogens is 1. The number of primary amides is 1. The van der Waals surface area contributed by atoms with E-state index in [0.29, 0.717) is 10.2 Å². The molecule has 8 heteroatoms. The number of amides is 3. The van der Waals surface area contributed by atoms with Crippen molar-refractivity contribution < 1.29 is 19.5 Å². The molecule has 3 amide bonds. The van der Waals surface area contributed by atoms with Gasteiger partial charge in [-0.1, -0.05) is 0 Å². The molecule has 0 fully saturated rings. The molecule has 0 spiro atoms. The van der Waals surface area contributed by atoms with Crippen LogP contribution in [0.25, 0.3) is 0 Å². The van der Waals surface area contributed by atoms with Crippen molar-refractivity contribution in [2.24, 2.45) is 11.1 Å². The van der Waals surface area contributed by atoms with Crippen molar-refractivity contribution in [2.75, 3.05) is 11.9 Å². The van der Waals surface area contributed by atoms with Crippen molar-refractivity contribution in [1.82, 2.24) is 5.32 Å². The lowest BCUT2D eigenvalue weighted by atomic mass is 9.93. The highest BCUT2D eigenvalue weighted by Gasteiger charge is 2.25. The predicted molar refractivity (Wildman–Crippen MR) is 81.1 cm³/mol. The van der Waals surface area contributed by atoms with Gasteiger partial charge in [-0.25, -0.2) is 9.59 Å². The number of nitrogens with two attached hydrogens (primary N) is 1. The van der Waals surface area contributed by atoms with Crippen molar-refractivity contribution in [3.63, 3.8) is 0 Å². The summed E-state index contributed by atoms with van der Waals surface area (Å²) in [6.07, 6.45) is 0. The lowest BCUT2D eigenvalue weighted by molar-refractivity contribution is -0.125. The summed E-state index contributed by atoms with van der Waals surface area (Å²) >= 11 is 3.18. The molecule has 1 rings (SSSR count). The molecule has 5 N–H and O–H groups in total. The summed E-state index contributed by atoms with van der Waals surface area (Å²) in [4.78, 5) is 33.7. The number of rotatable bonds is 5. The molecule has 21 heavy (non-hydrogen) atoms. The Balaban J connectivity index is 2.68. The summed E-state index contributed by atoms with van der Waals surface area (Å²) in [5, 5.41) is 13.9. The molecule has 0 aliphatic rings. The molecule has 0 heterocycles. The Labute approximate surface area is 130 Å². The number of carboxylic acid groups (broad SMARTS) is 1. The molecule has 0 aromatic heterocycles. The van der Waals surface area contributed by atoms with Crippen LogP contribution in [0.2, 0.25) is 0 Å². The normalized spacial score (nSPS) is 10.8. The number of carbonyl (C=O) groups excluding carboxylic acids is 2. The quantitative estimate of drug-likeness (QED) is 0.641. The number of carboxylic acids is 1. The third kappa shape index (κ3) is 4.75. The third-order valence-electron chi connectivity index (χ3n) is 2.82. The molecule has 1 aromatic carbocycles. The van der Waals surface area contributed by atoms with Crippen molar-refractivity contribution in [3.8, 4) is 0 Å². The van der Waals surface area contributed by atoms with E-state index >= 15 is 0 Å². The summed E-state index contributed by atoms with van der Waals surface area (Å²) < 4.78 is 0.437. The first kappa shape index (κ1) is 17.0. The largest absolute Gasteiger partial charge is 0.478 e. The average Bonchev–Trinajstić information content (AvgIpc) is 2.38. The molecule has 1 aromatic rings. The van der Waals surface area contributed by atoms with Gasteiger partial charge in [-0.3, -0.25) is 4.79 Å². The van der Waals surface area contributed by atoms with Crippen molar-refractivity contribution in [2.45, 2.75) is 13.8 Å². The standard InChI is InChI=1S/C13H16BrN3O4/c1-13(2,11(15)20)6-16-12(21)17-9-4-3-7(10(18)19)5-8(9)14/h3-5H,6H2,1-2H3,(H2,15,20)(H,18,19)(H2,16,17,21). The van der Waals surface area contributed by atoms with Gasteiger partial charge in [-0.15, -0.1) is 0 Å². The van der Waals surface area contributed by atoms with Gasteiger partial charge in [0.05, 0.1) is 16.7 Å². The van der Waals surface area contributed by atoms with Gasteiger partial charge >= 0.3 is 12.0 Å². The molecule has 114 valence electrons. The first-order valence-electron chi connectivity index (χ1n) is 6.01. The SMILES string of the molecule is CC(C)(CNC(=O)Nc1ccc(C(=O)O)cc1Br)C(N)=O. The van der Waals surface area contributed by atoms with Gasteiger partial charge in [-0.2, -0.15) is 0 Å². The van der Waals surface area contributed by atoms with Gasteiger partial charge in [-0.05, 0) is 48.0 Å². The fraction of sp³-hybridized carbons (Fsp3) is 0.308. The van der Waals surface area contributed by atoms with Crippen LogP contribution in [0.3, 0.4) is 0 Å². The van der Waals surface area contributed by atoms with E-state index in [2.05, 4.69) is 26.6 Å². The number of hydrogen-bond donors (Lipinski definition) is 4. The molecule has 0 unspecified atom stereocenters. The Morgan fingerprint density at radius 1 is 1.33 bits per heavy atom. The lowest BCUT2D eigenvalue weighted by Crippen LogP contribution is -2.43. The van der Waals surface area contributed by atoms with Gasteiger partial charge in [0, 0.05) is 11.0 Å². The predicted octanol–water partition coefficient (Wildman–Crippen LogP) is 1.78. The Hall–Kier alpha value is -2.09. The van der Waals surface area contributed by atoms with E-state index in [1.54, 1.807) is 13.8 Å². The molecule has 0 saturated carbocycles. The van der Waals surface area contributed by atoms with E-state index in [9.17, 15) is 14.4 Å². The van der Waals surface area contributed by atoms with Crippen molar-refractivity contribution in [3.05, 3.63) is 28.2 Å². The van der Waals surface area contributed by atoms with Crippen molar-refractivity contribution >= 4 is 39.5 Å². The second-order valence-corrected chi connectivity index (χ2v) is 5.91. The minimum Gasteiger partial charge on any atom is -0.478 e. The van der Waals surface area contributed by atoms with Crippen LogP contribution in [0.5, 0.6) is 0 Å². The molecule has 0 aliphatic carbocycles. The molecule has 0 atom stereocenters. The topological polar surface area (TPSA) is 122 Å². The van der Waals surface area contributed by atoms with Gasteiger partial charge in [0.25, 0.3) is 0 Å². The highest BCUT2D eigenvalue weighted by atomic mass is 79.9. The summed E-state index contributed by atoms with van der Waals surface area (Å²) in [5.41, 5.74) is 4.86. The Morgan fingerprint density at radius 3 is 2.43 bits per heavy atom. The Bertz CT molecular complexity index is 587. The zero-order chi connectivity index (χ0) is 16.2. The van der Waals surface area contributed by atoms with E-state index in [1.807, 2.05) is 0 Å². The molecule has 0 aliphatic heterocycles. The minimum atomic E-state index is -1.06. The van der Waals surface area contributed by atoms with Gasteiger partial charge < -0.3 is 21.5 Å². The van der Waals surface area contributed by atoms with Crippen LogP contribution in [-0.4, -0.2) is 29.6 Å². The lowest BCUT2D eigenvalue weighted by Gasteiger charge is -2.21. The number of benzene rings is 1. The van der Waals surface area contributed by atoms with Gasteiger partial charge in [0.1, 0.15) is 0 Å². The van der Waals surface area contributed by atoms with Crippen LogP contribution < -0.4 is 16.4 Å². The molecular weight excluding hydrogens is 342 g/mol. The van der Waals surface area contributed by atoms with Gasteiger partial charge in [0.2, 0.25) is 5.91 Å². The zero-order valence-corrected chi connectivity index (χ0v) is 13.2. The number of nitrogens with one attached hydrogen (secondary N) is 2. The smallest absolute Gasteiger partial charge is 0.335 e. The fourth-order valence-corrected chi connectivity index (χ4v) is 1.78.